The van der Waals surface area contributed by atoms with Gasteiger partial charge in [-0.2, -0.15) is 5.10 Å². The Hall–Kier alpha value is -2.21. The highest BCUT2D eigenvalue weighted by Gasteiger charge is 2.23. The predicted octanol–water partition coefficient (Wildman–Crippen LogP) is 2.84. The summed E-state index contributed by atoms with van der Waals surface area (Å²) in [7, 11) is 1.89. The van der Waals surface area contributed by atoms with Crippen LogP contribution in [0.5, 0.6) is 0 Å². The van der Waals surface area contributed by atoms with E-state index in [9.17, 15) is 9.18 Å². The third kappa shape index (κ3) is 5.45. The van der Waals surface area contributed by atoms with Crippen LogP contribution in [0.25, 0.3) is 0 Å². The first-order valence-electron chi connectivity index (χ1n) is 8.02. The first-order valence-corrected chi connectivity index (χ1v) is 8.02. The Morgan fingerprint density at radius 2 is 1.96 bits per heavy atom. The van der Waals surface area contributed by atoms with Crippen molar-refractivity contribution < 1.29 is 9.18 Å². The molecule has 0 unspecified atom stereocenters. The molecule has 2 rings (SSSR count). The van der Waals surface area contributed by atoms with Crippen LogP contribution in [0.4, 0.5) is 10.1 Å². The Bertz CT molecular complexity index is 673. The molecule has 1 amide bonds. The van der Waals surface area contributed by atoms with Crippen molar-refractivity contribution >= 4 is 11.6 Å². The van der Waals surface area contributed by atoms with Crippen LogP contribution in [0.15, 0.2) is 36.7 Å². The third-order valence-electron chi connectivity index (χ3n) is 3.84. The molecule has 0 atom stereocenters. The number of rotatable bonds is 6. The molecule has 5 nitrogen and oxygen atoms in total. The van der Waals surface area contributed by atoms with E-state index in [0.717, 1.165) is 18.5 Å². The van der Waals surface area contributed by atoms with Crippen LogP contribution in [-0.2, 0) is 18.3 Å². The molecule has 0 saturated carbocycles. The summed E-state index contributed by atoms with van der Waals surface area (Å²) in [6, 6.07) is 5.79. The van der Waals surface area contributed by atoms with E-state index in [1.54, 1.807) is 16.8 Å². The van der Waals surface area contributed by atoms with Gasteiger partial charge in [-0.25, -0.2) is 4.39 Å². The number of anilines is 1. The van der Waals surface area contributed by atoms with Crippen molar-refractivity contribution in [1.29, 1.82) is 0 Å². The lowest BCUT2D eigenvalue weighted by molar-refractivity contribution is -0.118. The first kappa shape index (κ1) is 18.1. The zero-order valence-corrected chi connectivity index (χ0v) is 14.7. The maximum Gasteiger partial charge on any atom is 0.238 e. The number of benzene rings is 1. The number of aryl methyl sites for hydroxylation is 1. The summed E-state index contributed by atoms with van der Waals surface area (Å²) in [4.78, 5) is 14.4. The fourth-order valence-electron chi connectivity index (χ4n) is 2.42. The quantitative estimate of drug-likeness (QED) is 0.885. The molecule has 1 aromatic heterocycles. The van der Waals surface area contributed by atoms with Crippen molar-refractivity contribution in [3.05, 3.63) is 48.0 Å². The molecule has 0 bridgehead atoms. The summed E-state index contributed by atoms with van der Waals surface area (Å²) in [6.45, 7) is 7.29. The Balaban J connectivity index is 1.94. The van der Waals surface area contributed by atoms with E-state index in [4.69, 9.17) is 0 Å². The molecular weight excluding hydrogens is 307 g/mol. The van der Waals surface area contributed by atoms with Gasteiger partial charge in [-0.1, -0.05) is 0 Å². The number of carbonyl (C=O) groups excluding carboxylic acids is 1. The smallest absolute Gasteiger partial charge is 0.238 e. The maximum atomic E-state index is 12.9. The summed E-state index contributed by atoms with van der Waals surface area (Å²) in [5, 5.41) is 6.98. The number of nitrogens with zero attached hydrogens (tertiary/aromatic N) is 3. The number of halogens is 1. The van der Waals surface area contributed by atoms with Crippen LogP contribution in [0, 0.1) is 5.82 Å². The molecule has 0 aliphatic heterocycles. The van der Waals surface area contributed by atoms with Crippen LogP contribution in [-0.4, -0.2) is 39.2 Å². The molecular formula is C18H25FN4O. The van der Waals surface area contributed by atoms with Crippen LogP contribution in [0.1, 0.15) is 26.3 Å². The summed E-state index contributed by atoms with van der Waals surface area (Å²) < 4.78 is 14.7. The lowest BCUT2D eigenvalue weighted by atomic mass is 10.0. The standard InChI is InChI=1S/C18H25FN4O/c1-18(2,3)23(10-9-14-11-20-22(4)12-14)13-17(24)21-16-7-5-15(19)6-8-16/h5-8,11-12H,9-10,13H2,1-4H3,(H,21,24). The van der Waals surface area contributed by atoms with Crippen LogP contribution >= 0.6 is 0 Å². The van der Waals surface area contributed by atoms with Crippen molar-refractivity contribution in [1.82, 2.24) is 14.7 Å². The van der Waals surface area contributed by atoms with Crippen molar-refractivity contribution in [2.45, 2.75) is 32.7 Å². The zero-order valence-electron chi connectivity index (χ0n) is 14.7. The second-order valence-electron chi connectivity index (χ2n) is 6.92. The van der Waals surface area contributed by atoms with E-state index in [2.05, 4.69) is 36.1 Å². The van der Waals surface area contributed by atoms with Gasteiger partial charge in [-0.3, -0.25) is 14.4 Å². The van der Waals surface area contributed by atoms with E-state index < -0.39 is 0 Å². The Kier molecular flexibility index (Phi) is 5.72. The van der Waals surface area contributed by atoms with E-state index >= 15 is 0 Å². The van der Waals surface area contributed by atoms with Gasteiger partial charge < -0.3 is 5.32 Å². The van der Waals surface area contributed by atoms with E-state index in [1.165, 1.54) is 12.1 Å². The molecule has 0 saturated heterocycles. The van der Waals surface area contributed by atoms with Gasteiger partial charge in [0.25, 0.3) is 0 Å². The maximum absolute atomic E-state index is 12.9. The van der Waals surface area contributed by atoms with Crippen molar-refractivity contribution in [3.63, 3.8) is 0 Å². The van der Waals surface area contributed by atoms with Gasteiger partial charge >= 0.3 is 0 Å². The SMILES string of the molecule is Cn1cc(CCN(CC(=O)Nc2ccc(F)cc2)C(C)(C)C)cn1. The molecule has 1 aromatic carbocycles. The Morgan fingerprint density at radius 1 is 1.29 bits per heavy atom. The highest BCUT2D eigenvalue weighted by molar-refractivity contribution is 5.92. The van der Waals surface area contributed by atoms with Gasteiger partial charge in [0.05, 0.1) is 12.7 Å². The molecule has 1 heterocycles. The average molecular weight is 332 g/mol. The monoisotopic (exact) mass is 332 g/mol. The molecule has 0 spiro atoms. The second kappa shape index (κ2) is 7.57. The largest absolute Gasteiger partial charge is 0.325 e. The van der Waals surface area contributed by atoms with Crippen LogP contribution in [0.2, 0.25) is 0 Å². The zero-order chi connectivity index (χ0) is 17.7. The minimum atomic E-state index is -0.319. The number of nitrogens with one attached hydrogen (secondary N) is 1. The van der Waals surface area contributed by atoms with Crippen molar-refractivity contribution in [3.8, 4) is 0 Å². The van der Waals surface area contributed by atoms with Crippen LogP contribution in [0.3, 0.4) is 0 Å². The van der Waals surface area contributed by atoms with Crippen molar-refractivity contribution in [2.75, 3.05) is 18.4 Å². The van der Waals surface area contributed by atoms with Crippen molar-refractivity contribution in [2.24, 2.45) is 7.05 Å². The Labute approximate surface area is 142 Å². The van der Waals surface area contributed by atoms with E-state index in [-0.39, 0.29) is 23.8 Å². The highest BCUT2D eigenvalue weighted by atomic mass is 19.1. The Morgan fingerprint density at radius 3 is 2.50 bits per heavy atom. The molecule has 0 radical (unpaired) electrons. The minimum Gasteiger partial charge on any atom is -0.325 e. The van der Waals surface area contributed by atoms with Gasteiger partial charge in [0.15, 0.2) is 0 Å². The predicted molar refractivity (Wildman–Crippen MR) is 93.3 cm³/mol. The lowest BCUT2D eigenvalue weighted by Gasteiger charge is -2.35. The topological polar surface area (TPSA) is 50.2 Å². The summed E-state index contributed by atoms with van der Waals surface area (Å²) in [6.07, 6.45) is 4.66. The first-order chi connectivity index (χ1) is 11.2. The van der Waals surface area contributed by atoms with E-state index in [1.807, 2.05) is 19.4 Å². The number of hydrogen-bond donors (Lipinski definition) is 1. The number of amides is 1. The summed E-state index contributed by atoms with van der Waals surface area (Å²) in [5.74, 6) is -0.427. The normalized spacial score (nSPS) is 11.8. The average Bonchev–Trinajstić information content (AvgIpc) is 2.90. The van der Waals surface area contributed by atoms with Gasteiger partial charge in [0.1, 0.15) is 5.82 Å². The molecule has 0 aliphatic carbocycles. The number of carbonyl (C=O) groups is 1. The minimum absolute atomic E-state index is 0.109. The molecule has 24 heavy (non-hydrogen) atoms. The third-order valence-corrected chi connectivity index (χ3v) is 3.84. The van der Waals surface area contributed by atoms with E-state index in [0.29, 0.717) is 5.69 Å². The molecule has 6 heteroatoms. The van der Waals surface area contributed by atoms with Gasteiger partial charge in [0, 0.05) is 31.0 Å². The lowest BCUT2D eigenvalue weighted by Crippen LogP contribution is -2.46. The summed E-state index contributed by atoms with van der Waals surface area (Å²) >= 11 is 0. The molecule has 2 aromatic rings. The molecule has 0 fully saturated rings. The fraction of sp³-hybridized carbons (Fsp3) is 0.444. The van der Waals surface area contributed by atoms with Gasteiger partial charge in [-0.15, -0.1) is 0 Å². The highest BCUT2D eigenvalue weighted by Crippen LogP contribution is 2.15. The van der Waals surface area contributed by atoms with Gasteiger partial charge in [0.2, 0.25) is 5.91 Å². The molecule has 0 aliphatic rings. The second-order valence-corrected chi connectivity index (χ2v) is 6.92. The summed E-state index contributed by atoms with van der Waals surface area (Å²) in [5.41, 5.74) is 1.61. The molecule has 130 valence electrons. The fourth-order valence-corrected chi connectivity index (χ4v) is 2.42. The number of hydrogen-bond acceptors (Lipinski definition) is 3. The van der Waals surface area contributed by atoms with Crippen LogP contribution < -0.4 is 5.32 Å². The number of aromatic nitrogens is 2. The molecule has 1 N–H and O–H groups in total. The van der Waals surface area contributed by atoms with Gasteiger partial charge in [-0.05, 0) is 57.0 Å².